The van der Waals surface area contributed by atoms with Crippen molar-refractivity contribution in [2.45, 2.75) is 51.6 Å². The van der Waals surface area contributed by atoms with Gasteiger partial charge in [-0.05, 0) is 31.6 Å². The van der Waals surface area contributed by atoms with E-state index in [0.717, 1.165) is 5.92 Å². The minimum Gasteiger partial charge on any atom is -0.328 e. The number of rotatable bonds is 3. The molecule has 3 unspecified atom stereocenters. The maximum absolute atomic E-state index is 13.6. The molecule has 1 fully saturated rings. The van der Waals surface area contributed by atoms with E-state index in [1.54, 1.807) is 6.92 Å². The first-order valence-electron chi connectivity index (χ1n) is 5.42. The van der Waals surface area contributed by atoms with Crippen molar-refractivity contribution in [3.63, 3.8) is 0 Å². The molecule has 0 amide bonds. The van der Waals surface area contributed by atoms with E-state index in [2.05, 4.69) is 6.92 Å². The van der Waals surface area contributed by atoms with Crippen molar-refractivity contribution in [2.24, 2.45) is 17.6 Å². The van der Waals surface area contributed by atoms with Gasteiger partial charge in [0.05, 0.1) is 0 Å². The standard InChI is InChI=1S/C11H22FN/c1-9-4-3-5-10(6-9)7-11(2,12)8-13/h9-10H,3-8,13H2,1-2H3. The van der Waals surface area contributed by atoms with Crippen molar-refractivity contribution in [3.05, 3.63) is 0 Å². The Balaban J connectivity index is 2.35. The first kappa shape index (κ1) is 11.0. The third-order valence-electron chi connectivity index (χ3n) is 3.18. The average molecular weight is 187 g/mol. The lowest BCUT2D eigenvalue weighted by molar-refractivity contribution is 0.127. The van der Waals surface area contributed by atoms with Crippen molar-refractivity contribution in [2.75, 3.05) is 6.54 Å². The molecule has 1 nitrogen and oxygen atoms in total. The molecule has 1 aliphatic carbocycles. The highest BCUT2D eigenvalue weighted by molar-refractivity contribution is 4.81. The molecule has 3 atom stereocenters. The van der Waals surface area contributed by atoms with Gasteiger partial charge in [0.25, 0.3) is 0 Å². The highest BCUT2D eigenvalue weighted by atomic mass is 19.1. The van der Waals surface area contributed by atoms with Gasteiger partial charge in [-0.2, -0.15) is 0 Å². The molecule has 2 N–H and O–H groups in total. The smallest absolute Gasteiger partial charge is 0.120 e. The lowest BCUT2D eigenvalue weighted by atomic mass is 9.78. The fourth-order valence-corrected chi connectivity index (χ4v) is 2.43. The number of hydrogen-bond donors (Lipinski definition) is 1. The second-order valence-electron chi connectivity index (χ2n) is 4.96. The van der Waals surface area contributed by atoms with Gasteiger partial charge in [0.15, 0.2) is 0 Å². The highest BCUT2D eigenvalue weighted by Gasteiger charge is 2.28. The first-order valence-corrected chi connectivity index (χ1v) is 5.42. The monoisotopic (exact) mass is 187 g/mol. The summed E-state index contributed by atoms with van der Waals surface area (Å²) in [5.74, 6) is 1.36. The maximum Gasteiger partial charge on any atom is 0.120 e. The first-order chi connectivity index (χ1) is 6.03. The zero-order valence-electron chi connectivity index (χ0n) is 8.85. The summed E-state index contributed by atoms with van der Waals surface area (Å²) in [4.78, 5) is 0. The van der Waals surface area contributed by atoms with Crippen molar-refractivity contribution >= 4 is 0 Å². The number of halogens is 1. The molecule has 78 valence electrons. The molecule has 1 saturated carbocycles. The van der Waals surface area contributed by atoms with Crippen LogP contribution in [-0.2, 0) is 0 Å². The van der Waals surface area contributed by atoms with Crippen molar-refractivity contribution in [3.8, 4) is 0 Å². The van der Waals surface area contributed by atoms with Crippen molar-refractivity contribution in [1.29, 1.82) is 0 Å². The Kier molecular flexibility index (Phi) is 3.72. The Hall–Kier alpha value is -0.110. The number of hydrogen-bond acceptors (Lipinski definition) is 1. The molecule has 0 spiro atoms. The van der Waals surface area contributed by atoms with Gasteiger partial charge in [-0.15, -0.1) is 0 Å². The minimum absolute atomic E-state index is 0.165. The maximum atomic E-state index is 13.6. The van der Waals surface area contributed by atoms with Crippen LogP contribution in [-0.4, -0.2) is 12.2 Å². The van der Waals surface area contributed by atoms with Crippen LogP contribution in [0.15, 0.2) is 0 Å². The van der Waals surface area contributed by atoms with E-state index in [4.69, 9.17) is 5.73 Å². The summed E-state index contributed by atoms with van der Waals surface area (Å²) < 4.78 is 13.6. The van der Waals surface area contributed by atoms with Crippen LogP contribution >= 0.6 is 0 Å². The van der Waals surface area contributed by atoms with Crippen LogP contribution < -0.4 is 5.73 Å². The Labute approximate surface area is 80.9 Å². The van der Waals surface area contributed by atoms with Gasteiger partial charge < -0.3 is 5.73 Å². The van der Waals surface area contributed by atoms with Crippen LogP contribution in [0.3, 0.4) is 0 Å². The predicted molar refractivity (Wildman–Crippen MR) is 54.3 cm³/mol. The molecule has 0 bridgehead atoms. The molecule has 2 heteroatoms. The third-order valence-corrected chi connectivity index (χ3v) is 3.18. The molecule has 0 radical (unpaired) electrons. The second kappa shape index (κ2) is 4.41. The van der Waals surface area contributed by atoms with Crippen molar-refractivity contribution < 1.29 is 4.39 Å². The van der Waals surface area contributed by atoms with Crippen molar-refractivity contribution in [1.82, 2.24) is 0 Å². The number of nitrogens with two attached hydrogens (primary N) is 1. The van der Waals surface area contributed by atoms with E-state index >= 15 is 0 Å². The van der Waals surface area contributed by atoms with E-state index in [1.165, 1.54) is 25.7 Å². The van der Waals surface area contributed by atoms with Crippen LogP contribution in [0, 0.1) is 11.8 Å². The lowest BCUT2D eigenvalue weighted by Crippen LogP contribution is -2.33. The Morgan fingerprint density at radius 1 is 1.46 bits per heavy atom. The summed E-state index contributed by atoms with van der Waals surface area (Å²) in [7, 11) is 0. The SMILES string of the molecule is CC1CCCC(CC(C)(F)CN)C1. The van der Waals surface area contributed by atoms with Gasteiger partial charge >= 0.3 is 0 Å². The summed E-state index contributed by atoms with van der Waals surface area (Å²) in [6, 6.07) is 0. The third kappa shape index (κ3) is 3.63. The Morgan fingerprint density at radius 3 is 2.69 bits per heavy atom. The van der Waals surface area contributed by atoms with Crippen LogP contribution in [0.2, 0.25) is 0 Å². The molecule has 0 aromatic rings. The van der Waals surface area contributed by atoms with Crippen LogP contribution in [0.4, 0.5) is 4.39 Å². The molecular weight excluding hydrogens is 165 g/mol. The molecule has 0 saturated heterocycles. The van der Waals surface area contributed by atoms with E-state index in [1.807, 2.05) is 0 Å². The fraction of sp³-hybridized carbons (Fsp3) is 1.00. The van der Waals surface area contributed by atoms with Gasteiger partial charge in [-0.1, -0.05) is 26.2 Å². The molecule has 13 heavy (non-hydrogen) atoms. The minimum atomic E-state index is -1.14. The summed E-state index contributed by atoms with van der Waals surface area (Å²) in [6.45, 7) is 4.06. The van der Waals surface area contributed by atoms with E-state index in [0.29, 0.717) is 12.3 Å². The topological polar surface area (TPSA) is 26.0 Å². The molecule has 0 aromatic heterocycles. The summed E-state index contributed by atoms with van der Waals surface area (Å²) in [5, 5.41) is 0. The van der Waals surface area contributed by atoms with Gasteiger partial charge in [0.1, 0.15) is 5.67 Å². The van der Waals surface area contributed by atoms with Gasteiger partial charge in [-0.25, -0.2) is 4.39 Å². The van der Waals surface area contributed by atoms with Crippen LogP contribution in [0.5, 0.6) is 0 Å². The van der Waals surface area contributed by atoms with Crippen LogP contribution in [0.25, 0.3) is 0 Å². The molecule has 0 heterocycles. The summed E-state index contributed by atoms with van der Waals surface area (Å²) >= 11 is 0. The Morgan fingerprint density at radius 2 is 2.15 bits per heavy atom. The van der Waals surface area contributed by atoms with Gasteiger partial charge in [0, 0.05) is 6.54 Å². The molecule has 1 aliphatic rings. The zero-order chi connectivity index (χ0) is 9.90. The van der Waals surface area contributed by atoms with E-state index in [-0.39, 0.29) is 6.54 Å². The number of alkyl halides is 1. The summed E-state index contributed by atoms with van der Waals surface area (Å²) in [5.41, 5.74) is 4.25. The molecule has 0 aliphatic heterocycles. The Bertz CT molecular complexity index is 156. The molecular formula is C11H22FN. The lowest BCUT2D eigenvalue weighted by Gasteiger charge is -2.31. The predicted octanol–water partition coefficient (Wildman–Crippen LogP) is 2.89. The average Bonchev–Trinajstić information content (AvgIpc) is 2.03. The van der Waals surface area contributed by atoms with E-state index in [9.17, 15) is 4.39 Å². The highest BCUT2D eigenvalue weighted by Crippen LogP contribution is 2.34. The van der Waals surface area contributed by atoms with E-state index < -0.39 is 5.67 Å². The van der Waals surface area contributed by atoms with Crippen LogP contribution in [0.1, 0.15) is 46.0 Å². The van der Waals surface area contributed by atoms with Gasteiger partial charge in [0.2, 0.25) is 0 Å². The zero-order valence-corrected chi connectivity index (χ0v) is 8.85. The largest absolute Gasteiger partial charge is 0.328 e. The van der Waals surface area contributed by atoms with Gasteiger partial charge in [-0.3, -0.25) is 0 Å². The molecule has 0 aromatic carbocycles. The summed E-state index contributed by atoms with van der Waals surface area (Å²) in [6.07, 6.45) is 5.64. The fourth-order valence-electron chi connectivity index (χ4n) is 2.43. The quantitative estimate of drug-likeness (QED) is 0.722. The normalized spacial score (nSPS) is 34.2. The second-order valence-corrected chi connectivity index (χ2v) is 4.96. The molecule has 1 rings (SSSR count).